The van der Waals surface area contributed by atoms with Gasteiger partial charge in [0, 0.05) is 65.1 Å². The maximum atomic E-state index is 13.9. The third-order valence-electron chi connectivity index (χ3n) is 6.65. The first-order valence-electron chi connectivity index (χ1n) is 13.0. The molecule has 43 heavy (non-hydrogen) atoms. The molecule has 2 aliphatic rings. The third-order valence-corrected chi connectivity index (χ3v) is 6.65. The summed E-state index contributed by atoms with van der Waals surface area (Å²) in [6.07, 6.45) is -1.47. The van der Waals surface area contributed by atoms with Crippen molar-refractivity contribution < 1.29 is 40.2 Å². The fourth-order valence-electron chi connectivity index (χ4n) is 4.85. The van der Waals surface area contributed by atoms with Gasteiger partial charge in [-0.15, -0.1) is 0 Å². The minimum Gasteiger partial charge on any atom is -0.378 e. The molecule has 0 radical (unpaired) electrons. The van der Waals surface area contributed by atoms with Crippen LogP contribution in [-0.2, 0) is 26.5 Å². The highest BCUT2D eigenvalue weighted by molar-refractivity contribution is 7.79. The van der Waals surface area contributed by atoms with Crippen LogP contribution in [0.5, 0.6) is 0 Å². The van der Waals surface area contributed by atoms with Gasteiger partial charge in [0.15, 0.2) is 22.8 Å². The van der Waals surface area contributed by atoms with Gasteiger partial charge < -0.3 is 24.8 Å². The van der Waals surface area contributed by atoms with E-state index in [2.05, 4.69) is 20.3 Å². The second-order valence-corrected chi connectivity index (χ2v) is 10.7. The van der Waals surface area contributed by atoms with E-state index in [9.17, 15) is 18.0 Å². The van der Waals surface area contributed by atoms with E-state index in [0.29, 0.717) is 63.3 Å². The number of hydrogen-bond donors (Lipinski definition) is 3. The molecular weight excluding hydrogens is 601 g/mol. The van der Waals surface area contributed by atoms with Gasteiger partial charge in [0.25, 0.3) is 0 Å². The zero-order valence-electron chi connectivity index (χ0n) is 23.5. The lowest BCUT2D eigenvalue weighted by Gasteiger charge is -2.40. The molecule has 5 heterocycles. The number of hydrogen-bond acceptors (Lipinski definition) is 12. The fourth-order valence-corrected chi connectivity index (χ4v) is 4.85. The summed E-state index contributed by atoms with van der Waals surface area (Å²) in [5, 5.41) is 2.83. The van der Waals surface area contributed by atoms with Gasteiger partial charge in [-0.2, -0.15) is 21.6 Å². The number of imidazole rings is 1. The third kappa shape index (κ3) is 8.15. The monoisotopic (exact) mass is 632 g/mol. The number of amides is 1. The summed E-state index contributed by atoms with van der Waals surface area (Å²) in [5.41, 5.74) is 0.817. The lowest BCUT2D eigenvalue weighted by atomic mass is 10.2. The summed E-state index contributed by atoms with van der Waals surface area (Å²) in [6.45, 7) is 5.10. The molecule has 0 spiro atoms. The molecule has 0 aliphatic carbocycles. The van der Waals surface area contributed by atoms with Gasteiger partial charge in [0.1, 0.15) is 6.54 Å². The Hall–Kier alpha value is -3.88. The SMILES string of the molecule is CNc1ncc(-c2nc(N3CCOCC3)c3nc(N4CCN(C(C)=O)[C@@H](C)C4)n(CC(F)(F)F)c3n2)cn1.O=S(=O)(O)O. The molecule has 2 fully saturated rings. The van der Waals surface area contributed by atoms with Crippen molar-refractivity contribution in [3.05, 3.63) is 12.4 Å². The van der Waals surface area contributed by atoms with Gasteiger partial charge in [0.05, 0.1) is 18.8 Å². The molecule has 3 N–H and O–H groups in total. The van der Waals surface area contributed by atoms with E-state index < -0.39 is 23.1 Å². The predicted octanol–water partition coefficient (Wildman–Crippen LogP) is 1.13. The Kier molecular flexibility index (Phi) is 9.52. The molecule has 0 aromatic carbocycles. The number of piperazine rings is 1. The average Bonchev–Trinajstić information content (AvgIpc) is 3.28. The highest BCUT2D eigenvalue weighted by atomic mass is 32.3. The topological polar surface area (TPSA) is 192 Å². The second kappa shape index (κ2) is 12.8. The zero-order valence-corrected chi connectivity index (χ0v) is 24.3. The van der Waals surface area contributed by atoms with Crippen molar-refractivity contribution in [3.8, 4) is 11.4 Å². The first-order valence-corrected chi connectivity index (χ1v) is 14.4. The summed E-state index contributed by atoms with van der Waals surface area (Å²) in [7, 11) is -2.98. The van der Waals surface area contributed by atoms with Gasteiger partial charge in [-0.1, -0.05) is 0 Å². The number of ether oxygens (including phenoxy) is 1. The highest BCUT2D eigenvalue weighted by Gasteiger charge is 2.35. The molecule has 16 nitrogen and oxygen atoms in total. The Morgan fingerprint density at radius 3 is 2.23 bits per heavy atom. The summed E-state index contributed by atoms with van der Waals surface area (Å²) < 4.78 is 79.8. The van der Waals surface area contributed by atoms with Crippen LogP contribution in [0.4, 0.5) is 30.9 Å². The largest absolute Gasteiger partial charge is 0.406 e. The molecular formula is C23H31F3N10O6S. The molecule has 0 bridgehead atoms. The summed E-state index contributed by atoms with van der Waals surface area (Å²) in [4.78, 5) is 39.8. The second-order valence-electron chi connectivity index (χ2n) is 9.76. The van der Waals surface area contributed by atoms with Crippen LogP contribution in [0.1, 0.15) is 13.8 Å². The van der Waals surface area contributed by atoms with Gasteiger partial charge in [-0.3, -0.25) is 18.5 Å². The first kappa shape index (κ1) is 32.0. The van der Waals surface area contributed by atoms with Crippen LogP contribution in [-0.4, -0.2) is 123 Å². The number of fused-ring (bicyclic) bond motifs is 1. The number of morpholine rings is 1. The average molecular weight is 633 g/mol. The predicted molar refractivity (Wildman–Crippen MR) is 148 cm³/mol. The number of carbonyl (C=O) groups is 1. The Balaban J connectivity index is 0.000000782. The summed E-state index contributed by atoms with van der Waals surface area (Å²) in [5.74, 6) is 1.11. The lowest BCUT2D eigenvalue weighted by molar-refractivity contribution is -0.139. The van der Waals surface area contributed by atoms with Crippen LogP contribution < -0.4 is 15.1 Å². The van der Waals surface area contributed by atoms with E-state index >= 15 is 0 Å². The Bertz CT molecular complexity index is 1540. The van der Waals surface area contributed by atoms with Crippen molar-refractivity contribution in [2.24, 2.45) is 0 Å². The number of aromatic nitrogens is 6. The van der Waals surface area contributed by atoms with Crippen molar-refractivity contribution >= 4 is 45.2 Å². The van der Waals surface area contributed by atoms with Crippen LogP contribution in [0, 0.1) is 0 Å². The molecule has 3 aromatic heterocycles. The van der Waals surface area contributed by atoms with Crippen molar-refractivity contribution in [1.29, 1.82) is 0 Å². The number of alkyl halides is 3. The summed E-state index contributed by atoms with van der Waals surface area (Å²) >= 11 is 0. The van der Waals surface area contributed by atoms with Crippen molar-refractivity contribution in [3.63, 3.8) is 0 Å². The van der Waals surface area contributed by atoms with Gasteiger partial charge >= 0.3 is 16.6 Å². The normalized spacial score (nSPS) is 18.0. The maximum absolute atomic E-state index is 13.9. The number of carbonyl (C=O) groups excluding carboxylic acids is 1. The van der Waals surface area contributed by atoms with E-state index in [1.54, 1.807) is 16.8 Å². The quantitative estimate of drug-likeness (QED) is 0.339. The molecule has 1 amide bonds. The van der Waals surface area contributed by atoms with E-state index in [1.165, 1.54) is 19.3 Å². The number of nitrogens with zero attached hydrogens (tertiary/aromatic N) is 9. The van der Waals surface area contributed by atoms with Crippen molar-refractivity contribution in [2.45, 2.75) is 32.6 Å². The minimum absolute atomic E-state index is 0.0717. The molecule has 5 rings (SSSR count). The molecule has 20 heteroatoms. The van der Waals surface area contributed by atoms with Gasteiger partial charge in [0.2, 0.25) is 17.8 Å². The fraction of sp³-hybridized carbons (Fsp3) is 0.565. The molecule has 2 saturated heterocycles. The van der Waals surface area contributed by atoms with Crippen LogP contribution in [0.3, 0.4) is 0 Å². The van der Waals surface area contributed by atoms with Crippen LogP contribution in [0.25, 0.3) is 22.6 Å². The number of rotatable bonds is 5. The number of anilines is 3. The number of halogens is 3. The standard InChI is InChI=1S/C23H29F3N10O2.H2O4S/c1-14-12-34(4-5-35(14)15(2)37)22-30-17-19(33-6-8-38-9-7-33)31-18(16-10-28-21(27-3)29-11-16)32-20(17)36(22)13-23(24,25)26;1-5(2,3)4/h10-11,14H,4-9,12-13H2,1-3H3,(H,27,28,29);(H2,1,2,3,4)/t14-;/m0./s1. The van der Waals surface area contributed by atoms with E-state index in [1.807, 2.05) is 11.8 Å². The molecule has 1 atom stereocenters. The zero-order chi connectivity index (χ0) is 31.5. The van der Waals surface area contributed by atoms with Crippen LogP contribution in [0.2, 0.25) is 0 Å². The lowest BCUT2D eigenvalue weighted by Crippen LogP contribution is -2.54. The molecule has 3 aromatic rings. The molecule has 2 aliphatic heterocycles. The van der Waals surface area contributed by atoms with Gasteiger partial charge in [-0.25, -0.2) is 24.9 Å². The summed E-state index contributed by atoms with van der Waals surface area (Å²) in [6, 6.07) is -0.191. The smallest absolute Gasteiger partial charge is 0.378 e. The molecule has 236 valence electrons. The van der Waals surface area contributed by atoms with Crippen molar-refractivity contribution in [2.75, 3.05) is 68.1 Å². The van der Waals surface area contributed by atoms with Crippen LogP contribution in [0.15, 0.2) is 12.4 Å². The highest BCUT2D eigenvalue weighted by Crippen LogP contribution is 2.34. The Morgan fingerprint density at radius 2 is 1.70 bits per heavy atom. The van der Waals surface area contributed by atoms with E-state index in [0.717, 1.165) is 4.57 Å². The van der Waals surface area contributed by atoms with Crippen LogP contribution >= 0.6 is 0 Å². The van der Waals surface area contributed by atoms with Crippen molar-refractivity contribution in [1.82, 2.24) is 34.4 Å². The maximum Gasteiger partial charge on any atom is 0.406 e. The minimum atomic E-state index is -4.67. The first-order chi connectivity index (χ1) is 20.1. The Labute approximate surface area is 244 Å². The molecule has 0 saturated carbocycles. The molecule has 0 unspecified atom stereocenters. The van der Waals surface area contributed by atoms with E-state index in [-0.39, 0.29) is 34.9 Å². The number of nitrogens with one attached hydrogen (secondary N) is 1. The Morgan fingerprint density at radius 1 is 1.07 bits per heavy atom. The van der Waals surface area contributed by atoms with E-state index in [4.69, 9.17) is 32.2 Å². The van der Waals surface area contributed by atoms with Gasteiger partial charge in [-0.05, 0) is 6.92 Å².